The van der Waals surface area contributed by atoms with Crippen LogP contribution in [0.1, 0.15) is 26.7 Å². The zero-order valence-corrected chi connectivity index (χ0v) is 18.0. The Morgan fingerprint density at radius 2 is 1.79 bits per heavy atom. The number of fused-ring (bicyclic) bond motifs is 1. The van der Waals surface area contributed by atoms with Gasteiger partial charge < -0.3 is 14.4 Å². The second kappa shape index (κ2) is 9.19. The van der Waals surface area contributed by atoms with Crippen LogP contribution in [0.4, 0.5) is 5.69 Å². The largest absolute Gasteiger partial charge is 0.481 e. The predicted octanol–water partition coefficient (Wildman–Crippen LogP) is 4.76. The number of pyridine rings is 2. The van der Waals surface area contributed by atoms with Gasteiger partial charge in [-0.1, -0.05) is 19.9 Å². The lowest BCUT2D eigenvalue weighted by Crippen LogP contribution is -2.25. The number of aromatic nitrogens is 3. The molecule has 0 spiro atoms. The summed E-state index contributed by atoms with van der Waals surface area (Å²) in [6.07, 6.45) is 4.28. The van der Waals surface area contributed by atoms with Gasteiger partial charge in [0.2, 0.25) is 11.8 Å². The van der Waals surface area contributed by atoms with E-state index in [1.54, 1.807) is 26.0 Å². The van der Waals surface area contributed by atoms with Crippen molar-refractivity contribution >= 4 is 23.0 Å². The molecule has 3 aromatic heterocycles. The van der Waals surface area contributed by atoms with Crippen molar-refractivity contribution in [1.29, 1.82) is 0 Å². The molecular weight excluding hydrogens is 372 g/mol. The van der Waals surface area contributed by atoms with Crippen molar-refractivity contribution in [3.63, 3.8) is 0 Å². The molecule has 0 aliphatic rings. The van der Waals surface area contributed by atoms with Gasteiger partial charge in [-0.3, -0.25) is 0 Å². The van der Waals surface area contributed by atoms with E-state index in [9.17, 15) is 0 Å². The molecular formula is C21H28N4O2S. The molecule has 150 valence electrons. The average molecular weight is 401 g/mol. The Kier molecular flexibility index (Phi) is 6.67. The van der Waals surface area contributed by atoms with Crippen LogP contribution in [0.3, 0.4) is 0 Å². The molecule has 0 aliphatic heterocycles. The third kappa shape index (κ3) is 3.76. The minimum Gasteiger partial charge on any atom is -0.481 e. The highest BCUT2D eigenvalue weighted by molar-refractivity contribution is 7.98. The first-order chi connectivity index (χ1) is 13.7. The Balaban J connectivity index is 2.22. The van der Waals surface area contributed by atoms with E-state index >= 15 is 0 Å². The van der Waals surface area contributed by atoms with E-state index in [0.29, 0.717) is 11.8 Å². The molecule has 3 aromatic rings. The Bertz CT molecular complexity index is 936. The van der Waals surface area contributed by atoms with Crippen LogP contribution in [0.25, 0.3) is 16.8 Å². The molecule has 7 heteroatoms. The van der Waals surface area contributed by atoms with E-state index in [1.807, 2.05) is 22.7 Å². The number of ether oxygens (including phenoxy) is 2. The fourth-order valence-electron chi connectivity index (χ4n) is 3.44. The summed E-state index contributed by atoms with van der Waals surface area (Å²) in [4.78, 5) is 6.88. The van der Waals surface area contributed by atoms with Gasteiger partial charge in [0.25, 0.3) is 0 Å². The second-order valence-corrected chi connectivity index (χ2v) is 7.26. The molecule has 0 bridgehead atoms. The molecule has 0 atom stereocenters. The molecule has 0 radical (unpaired) electrons. The fraction of sp³-hybridized carbons (Fsp3) is 0.429. The quantitative estimate of drug-likeness (QED) is 0.483. The van der Waals surface area contributed by atoms with Crippen LogP contribution in [-0.4, -0.2) is 48.2 Å². The van der Waals surface area contributed by atoms with Crippen LogP contribution in [0.5, 0.6) is 11.8 Å². The van der Waals surface area contributed by atoms with Crippen molar-refractivity contribution in [3.8, 4) is 23.0 Å². The normalized spacial score (nSPS) is 11.0. The van der Waals surface area contributed by atoms with E-state index in [1.165, 1.54) is 5.69 Å². The Morgan fingerprint density at radius 1 is 1.04 bits per heavy atom. The zero-order chi connectivity index (χ0) is 20.1. The van der Waals surface area contributed by atoms with Crippen LogP contribution in [-0.2, 0) is 0 Å². The number of rotatable bonds is 9. The van der Waals surface area contributed by atoms with Gasteiger partial charge >= 0.3 is 0 Å². The maximum atomic E-state index is 5.53. The van der Waals surface area contributed by atoms with Gasteiger partial charge in [0.1, 0.15) is 5.03 Å². The van der Waals surface area contributed by atoms with E-state index in [4.69, 9.17) is 14.6 Å². The van der Waals surface area contributed by atoms with Crippen molar-refractivity contribution in [2.24, 2.45) is 0 Å². The van der Waals surface area contributed by atoms with Crippen LogP contribution >= 0.6 is 11.8 Å². The number of thioether (sulfide) groups is 1. The van der Waals surface area contributed by atoms with Gasteiger partial charge in [-0.2, -0.15) is 10.1 Å². The molecule has 0 aliphatic carbocycles. The summed E-state index contributed by atoms with van der Waals surface area (Å²) in [6.45, 7) is 6.46. The first-order valence-corrected chi connectivity index (χ1v) is 10.8. The van der Waals surface area contributed by atoms with Gasteiger partial charge in [0.05, 0.1) is 36.7 Å². The van der Waals surface area contributed by atoms with E-state index in [0.717, 1.165) is 47.7 Å². The first-order valence-electron chi connectivity index (χ1n) is 9.58. The topological polar surface area (TPSA) is 51.9 Å². The summed E-state index contributed by atoms with van der Waals surface area (Å²) in [5.74, 6) is 1.05. The highest BCUT2D eigenvalue weighted by Gasteiger charge is 2.21. The van der Waals surface area contributed by atoms with Gasteiger partial charge in [0.15, 0.2) is 0 Å². The summed E-state index contributed by atoms with van der Waals surface area (Å²) >= 11 is 1.68. The number of hydrogen-bond acceptors (Lipinski definition) is 6. The lowest BCUT2D eigenvalue weighted by molar-refractivity contribution is 0.365. The third-order valence-electron chi connectivity index (χ3n) is 4.61. The average Bonchev–Trinajstić information content (AvgIpc) is 3.11. The molecule has 0 saturated heterocycles. The zero-order valence-electron chi connectivity index (χ0n) is 17.2. The monoisotopic (exact) mass is 400 g/mol. The molecule has 0 saturated carbocycles. The summed E-state index contributed by atoms with van der Waals surface area (Å²) in [7, 11) is 3.22. The molecule has 0 N–H and O–H groups in total. The van der Waals surface area contributed by atoms with Crippen molar-refractivity contribution in [2.75, 3.05) is 38.5 Å². The number of methoxy groups -OCH3 is 2. The maximum absolute atomic E-state index is 5.53. The van der Waals surface area contributed by atoms with E-state index < -0.39 is 0 Å². The van der Waals surface area contributed by atoms with E-state index in [-0.39, 0.29) is 0 Å². The lowest BCUT2D eigenvalue weighted by atomic mass is 10.1. The second-order valence-electron chi connectivity index (χ2n) is 6.46. The van der Waals surface area contributed by atoms with Crippen LogP contribution in [0, 0.1) is 0 Å². The number of nitrogens with zero attached hydrogens (tertiary/aromatic N) is 4. The standard InChI is InChI=1S/C21H28N4O2S/c1-6-13-24(14-7-2)19-17-10-8-9-16(25(17)23-21(19)28-5)15-11-12-18(26-3)22-20(15)27-4/h8-12H,6-7,13-14H2,1-5H3. The SMILES string of the molecule is CCCN(CCC)c1c(SC)nn2c(-c3ccc(OC)nc3OC)cccc12. The molecule has 3 heterocycles. The van der Waals surface area contributed by atoms with E-state index in [2.05, 4.69) is 42.1 Å². The molecule has 0 unspecified atom stereocenters. The number of hydrogen-bond donors (Lipinski definition) is 0. The molecule has 6 nitrogen and oxygen atoms in total. The van der Waals surface area contributed by atoms with Crippen molar-refractivity contribution < 1.29 is 9.47 Å². The fourth-order valence-corrected chi connectivity index (χ4v) is 4.03. The molecule has 0 fully saturated rings. The lowest BCUT2D eigenvalue weighted by Gasteiger charge is -2.23. The molecule has 0 aromatic carbocycles. The molecule has 3 rings (SSSR count). The van der Waals surface area contributed by atoms with Crippen molar-refractivity contribution in [3.05, 3.63) is 30.3 Å². The van der Waals surface area contributed by atoms with Crippen LogP contribution in [0.2, 0.25) is 0 Å². The summed E-state index contributed by atoms with van der Waals surface area (Å²) < 4.78 is 12.8. The summed E-state index contributed by atoms with van der Waals surface area (Å²) in [6, 6.07) is 10.1. The highest BCUT2D eigenvalue weighted by atomic mass is 32.2. The van der Waals surface area contributed by atoms with Gasteiger partial charge in [0, 0.05) is 19.2 Å². The third-order valence-corrected chi connectivity index (χ3v) is 5.27. The minimum atomic E-state index is 0.522. The van der Waals surface area contributed by atoms with Crippen molar-refractivity contribution in [1.82, 2.24) is 14.6 Å². The van der Waals surface area contributed by atoms with Crippen LogP contribution < -0.4 is 14.4 Å². The highest BCUT2D eigenvalue weighted by Crippen LogP contribution is 2.37. The molecule has 28 heavy (non-hydrogen) atoms. The van der Waals surface area contributed by atoms with Crippen LogP contribution in [0.15, 0.2) is 35.4 Å². The van der Waals surface area contributed by atoms with Crippen molar-refractivity contribution in [2.45, 2.75) is 31.7 Å². The first kappa shape index (κ1) is 20.3. The number of anilines is 1. The summed E-state index contributed by atoms with van der Waals surface area (Å²) in [5.41, 5.74) is 4.13. The van der Waals surface area contributed by atoms with Gasteiger partial charge in [-0.15, -0.1) is 11.8 Å². The minimum absolute atomic E-state index is 0.522. The summed E-state index contributed by atoms with van der Waals surface area (Å²) in [5, 5.41) is 5.97. The smallest absolute Gasteiger partial charge is 0.225 e. The Morgan fingerprint density at radius 3 is 2.39 bits per heavy atom. The van der Waals surface area contributed by atoms with Gasteiger partial charge in [-0.05, 0) is 37.3 Å². The van der Waals surface area contributed by atoms with Gasteiger partial charge in [-0.25, -0.2) is 4.52 Å². The Hall–Kier alpha value is -2.41. The predicted molar refractivity (Wildman–Crippen MR) is 116 cm³/mol. The molecule has 0 amide bonds. The maximum Gasteiger partial charge on any atom is 0.225 e. The Labute approximate surface area is 170 Å².